The average molecular weight is 211 g/mol. The summed E-state index contributed by atoms with van der Waals surface area (Å²) in [6.07, 6.45) is 0.449. The molecule has 78 valence electrons. The number of carboxylic acid groups (broad SMARTS) is 2. The predicted octanol–water partition coefficient (Wildman–Crippen LogP) is -1.55. The van der Waals surface area contributed by atoms with Crippen molar-refractivity contribution >= 4 is 23.5 Å². The molecule has 0 unspecified atom stereocenters. The fourth-order valence-electron chi connectivity index (χ4n) is 1.04. The smallest absolute Gasteiger partial charge is 0.341 e. The molecular formula is C8H5NO6. The Labute approximate surface area is 82.5 Å². The topological polar surface area (TPSA) is 135 Å². The van der Waals surface area contributed by atoms with Crippen molar-refractivity contribution in [3.8, 4) is 0 Å². The summed E-state index contributed by atoms with van der Waals surface area (Å²) in [5.41, 5.74) is 2.48. The van der Waals surface area contributed by atoms with E-state index in [1.807, 2.05) is 0 Å². The summed E-state index contributed by atoms with van der Waals surface area (Å²) in [5, 5.41) is 17.0. The Bertz CT molecular complexity index is 456. The van der Waals surface area contributed by atoms with Gasteiger partial charge in [-0.15, -0.1) is 0 Å². The maximum atomic E-state index is 11.2. The Balaban J connectivity index is 3.32. The summed E-state index contributed by atoms with van der Waals surface area (Å²) in [5.74, 6) is -5.55. The minimum absolute atomic E-state index is 0.449. The van der Waals surface area contributed by atoms with Gasteiger partial charge in [-0.05, 0) is 0 Å². The number of rotatable bonds is 2. The number of hydrogen-bond donors (Lipinski definition) is 3. The maximum absolute atomic E-state index is 11.2. The van der Waals surface area contributed by atoms with Gasteiger partial charge in [0.05, 0.1) is 5.70 Å². The third-order valence-corrected chi connectivity index (χ3v) is 1.72. The molecule has 4 N–H and O–H groups in total. The number of aliphatic carboxylic acids is 2. The van der Waals surface area contributed by atoms with E-state index >= 15 is 0 Å². The van der Waals surface area contributed by atoms with Crippen molar-refractivity contribution < 1.29 is 29.4 Å². The number of nitrogens with two attached hydrogens (primary N) is 1. The molecular weight excluding hydrogens is 206 g/mol. The van der Waals surface area contributed by atoms with E-state index in [2.05, 4.69) is 0 Å². The van der Waals surface area contributed by atoms with Crippen LogP contribution in [0.3, 0.4) is 0 Å². The number of allylic oxidation sites excluding steroid dienone is 2. The van der Waals surface area contributed by atoms with Crippen molar-refractivity contribution in [2.45, 2.75) is 0 Å². The molecule has 1 aliphatic carbocycles. The van der Waals surface area contributed by atoms with Gasteiger partial charge in [0.25, 0.3) is 0 Å². The van der Waals surface area contributed by atoms with E-state index < -0.39 is 40.3 Å². The zero-order valence-corrected chi connectivity index (χ0v) is 7.18. The second kappa shape index (κ2) is 3.37. The van der Waals surface area contributed by atoms with Gasteiger partial charge in [0.15, 0.2) is 5.78 Å². The van der Waals surface area contributed by atoms with Crippen LogP contribution in [0.2, 0.25) is 0 Å². The Hall–Kier alpha value is -2.44. The largest absolute Gasteiger partial charge is 0.478 e. The summed E-state index contributed by atoms with van der Waals surface area (Å²) in [4.78, 5) is 43.3. The minimum Gasteiger partial charge on any atom is -0.478 e. The van der Waals surface area contributed by atoms with E-state index in [1.165, 1.54) is 0 Å². The van der Waals surface area contributed by atoms with Crippen molar-refractivity contribution in [3.63, 3.8) is 0 Å². The van der Waals surface area contributed by atoms with Gasteiger partial charge in [-0.2, -0.15) is 0 Å². The standard InChI is InChI=1S/C8H5NO6/c9-5-4(8(14)15)3(10)1-2(6(5)11)7(12)13/h1H,9H2,(H,12,13)(H,14,15). The molecule has 7 heteroatoms. The second-order valence-electron chi connectivity index (χ2n) is 2.65. The van der Waals surface area contributed by atoms with Crippen molar-refractivity contribution in [1.29, 1.82) is 0 Å². The molecule has 0 aromatic heterocycles. The minimum atomic E-state index is -1.66. The highest BCUT2D eigenvalue weighted by atomic mass is 16.4. The normalized spacial score (nSPS) is 16.4. The first kappa shape index (κ1) is 10.6. The molecule has 15 heavy (non-hydrogen) atoms. The summed E-state index contributed by atoms with van der Waals surface area (Å²) in [7, 11) is 0. The molecule has 0 spiro atoms. The fourth-order valence-corrected chi connectivity index (χ4v) is 1.04. The Morgan fingerprint density at radius 3 is 2.07 bits per heavy atom. The van der Waals surface area contributed by atoms with Gasteiger partial charge in [0.2, 0.25) is 5.78 Å². The van der Waals surface area contributed by atoms with Crippen molar-refractivity contribution in [2.24, 2.45) is 5.73 Å². The van der Waals surface area contributed by atoms with Crippen LogP contribution in [0.25, 0.3) is 0 Å². The monoisotopic (exact) mass is 211 g/mol. The number of carbonyl (C=O) groups is 4. The molecule has 0 saturated heterocycles. The van der Waals surface area contributed by atoms with Crippen LogP contribution in [0.5, 0.6) is 0 Å². The van der Waals surface area contributed by atoms with E-state index in [0.717, 1.165) is 0 Å². The number of hydrogen-bond acceptors (Lipinski definition) is 5. The number of carbonyl (C=O) groups excluding carboxylic acids is 2. The highest BCUT2D eigenvalue weighted by molar-refractivity contribution is 6.37. The van der Waals surface area contributed by atoms with Gasteiger partial charge in [-0.3, -0.25) is 9.59 Å². The zero-order valence-electron chi connectivity index (χ0n) is 7.18. The fraction of sp³-hybridized carbons (Fsp3) is 0. The van der Waals surface area contributed by atoms with E-state index in [4.69, 9.17) is 15.9 Å². The molecule has 0 amide bonds. The van der Waals surface area contributed by atoms with Crippen molar-refractivity contribution in [2.75, 3.05) is 0 Å². The Morgan fingerprint density at radius 1 is 1.13 bits per heavy atom. The number of carboxylic acids is 2. The Kier molecular flexibility index (Phi) is 2.39. The number of Topliss-reactive ketones (excluding diaryl/α,β-unsaturated/α-hetero) is 1. The summed E-state index contributed by atoms with van der Waals surface area (Å²) in [6.45, 7) is 0. The molecule has 0 aromatic carbocycles. The highest BCUT2D eigenvalue weighted by Gasteiger charge is 2.33. The van der Waals surface area contributed by atoms with Gasteiger partial charge < -0.3 is 15.9 Å². The molecule has 0 heterocycles. The first-order valence-corrected chi connectivity index (χ1v) is 3.63. The third-order valence-electron chi connectivity index (χ3n) is 1.72. The third kappa shape index (κ3) is 1.62. The lowest BCUT2D eigenvalue weighted by Gasteiger charge is -2.10. The first-order chi connectivity index (χ1) is 6.86. The van der Waals surface area contributed by atoms with E-state index in [1.54, 1.807) is 0 Å². The predicted molar refractivity (Wildman–Crippen MR) is 44.6 cm³/mol. The molecule has 0 atom stereocenters. The average Bonchev–Trinajstić information content (AvgIpc) is 2.10. The lowest BCUT2D eigenvalue weighted by atomic mass is 9.94. The summed E-state index contributed by atoms with van der Waals surface area (Å²) >= 11 is 0. The zero-order chi connectivity index (χ0) is 11.7. The maximum Gasteiger partial charge on any atom is 0.341 e. The van der Waals surface area contributed by atoms with Crippen LogP contribution in [-0.2, 0) is 19.2 Å². The molecule has 0 fully saturated rings. The van der Waals surface area contributed by atoms with Crippen molar-refractivity contribution in [1.82, 2.24) is 0 Å². The lowest BCUT2D eigenvalue weighted by Crippen LogP contribution is -2.30. The van der Waals surface area contributed by atoms with Crippen LogP contribution < -0.4 is 5.73 Å². The Morgan fingerprint density at radius 2 is 1.67 bits per heavy atom. The van der Waals surface area contributed by atoms with Crippen LogP contribution in [0.4, 0.5) is 0 Å². The van der Waals surface area contributed by atoms with Crippen LogP contribution in [0.1, 0.15) is 0 Å². The SMILES string of the molecule is NC1=C(C(=O)O)C(=O)C=C(C(=O)O)C1=O. The summed E-state index contributed by atoms with van der Waals surface area (Å²) < 4.78 is 0. The van der Waals surface area contributed by atoms with Gasteiger partial charge in [0.1, 0.15) is 11.1 Å². The molecule has 0 aromatic rings. The van der Waals surface area contributed by atoms with Crippen molar-refractivity contribution in [3.05, 3.63) is 22.9 Å². The van der Waals surface area contributed by atoms with Gasteiger partial charge >= 0.3 is 11.9 Å². The number of ketones is 2. The molecule has 0 bridgehead atoms. The second-order valence-corrected chi connectivity index (χ2v) is 2.65. The molecule has 0 aliphatic heterocycles. The molecule has 1 aliphatic rings. The van der Waals surface area contributed by atoms with Crippen LogP contribution in [0, 0.1) is 0 Å². The molecule has 1 rings (SSSR count). The van der Waals surface area contributed by atoms with E-state index in [9.17, 15) is 19.2 Å². The van der Waals surface area contributed by atoms with Crippen LogP contribution in [0.15, 0.2) is 22.9 Å². The molecule has 0 radical (unpaired) electrons. The molecule has 7 nitrogen and oxygen atoms in total. The molecule has 0 saturated carbocycles. The summed E-state index contributed by atoms with van der Waals surface area (Å²) in [6, 6.07) is 0. The van der Waals surface area contributed by atoms with E-state index in [0.29, 0.717) is 6.08 Å². The lowest BCUT2D eigenvalue weighted by molar-refractivity contribution is -0.137. The quantitative estimate of drug-likeness (QED) is 0.371. The first-order valence-electron chi connectivity index (χ1n) is 3.63. The van der Waals surface area contributed by atoms with Gasteiger partial charge in [-0.1, -0.05) is 0 Å². The van der Waals surface area contributed by atoms with Gasteiger partial charge in [-0.25, -0.2) is 9.59 Å². The highest BCUT2D eigenvalue weighted by Crippen LogP contribution is 2.16. The van der Waals surface area contributed by atoms with Crippen LogP contribution in [-0.4, -0.2) is 33.7 Å². The van der Waals surface area contributed by atoms with Gasteiger partial charge in [0, 0.05) is 6.08 Å². The van der Waals surface area contributed by atoms with E-state index in [-0.39, 0.29) is 0 Å². The van der Waals surface area contributed by atoms with Crippen LogP contribution >= 0.6 is 0 Å².